The number of aromatic nitrogens is 3. The molecule has 0 fully saturated rings. The zero-order chi connectivity index (χ0) is 26.8. The number of hydrogen-bond donors (Lipinski definition) is 2. The van der Waals surface area contributed by atoms with Crippen LogP contribution in [0.2, 0.25) is 0 Å². The van der Waals surface area contributed by atoms with Gasteiger partial charge in [-0.15, -0.1) is 4.68 Å². The standard InChI is InChI=1S/C27H35N5O5/c1-20(2)17-18-24(33)31(32-26(35)28-30(3)27(32)36)23(16-10-15-21-11-6-4-7-12-21)25(34)29-37-19-22-13-8-5-9-14-22/h4-9,11-14,20,23H,10,15-19H2,1-3H3,(H,28,35)(H,29,34)/t23-/m1/s1. The molecule has 1 aromatic heterocycles. The molecule has 10 heteroatoms. The van der Waals surface area contributed by atoms with E-state index in [1.807, 2.05) is 74.5 Å². The van der Waals surface area contributed by atoms with Gasteiger partial charge in [0.15, 0.2) is 0 Å². The molecule has 3 aromatic rings. The van der Waals surface area contributed by atoms with E-state index >= 15 is 0 Å². The lowest BCUT2D eigenvalue weighted by Gasteiger charge is -2.30. The summed E-state index contributed by atoms with van der Waals surface area (Å²) in [5, 5.41) is 3.37. The molecule has 37 heavy (non-hydrogen) atoms. The van der Waals surface area contributed by atoms with Crippen LogP contribution in [0.4, 0.5) is 0 Å². The fraction of sp³-hybridized carbons (Fsp3) is 0.407. The van der Waals surface area contributed by atoms with Crippen LogP contribution in [0.25, 0.3) is 0 Å². The van der Waals surface area contributed by atoms with E-state index in [1.54, 1.807) is 0 Å². The monoisotopic (exact) mass is 509 g/mol. The molecule has 0 saturated heterocycles. The molecule has 2 N–H and O–H groups in total. The SMILES string of the molecule is CC(C)CCC(=O)N([C@H](CCCc1ccccc1)C(=O)NOCc1ccccc1)n1c(=O)[nH]n(C)c1=O. The van der Waals surface area contributed by atoms with Crippen molar-refractivity contribution in [1.29, 1.82) is 0 Å². The summed E-state index contributed by atoms with van der Waals surface area (Å²) in [4.78, 5) is 57.8. The second kappa shape index (κ2) is 13.4. The lowest BCUT2D eigenvalue weighted by atomic mass is 10.0. The fourth-order valence-electron chi connectivity index (χ4n) is 3.95. The summed E-state index contributed by atoms with van der Waals surface area (Å²) in [6.45, 7) is 4.07. The van der Waals surface area contributed by atoms with Crippen molar-refractivity contribution in [2.75, 3.05) is 5.01 Å². The summed E-state index contributed by atoms with van der Waals surface area (Å²) in [6, 6.07) is 17.9. The number of benzene rings is 2. The maximum absolute atomic E-state index is 13.4. The quantitative estimate of drug-likeness (QED) is 0.343. The third-order valence-corrected chi connectivity index (χ3v) is 5.97. The fourth-order valence-corrected chi connectivity index (χ4v) is 3.95. The molecule has 0 aliphatic heterocycles. The van der Waals surface area contributed by atoms with Gasteiger partial charge in [-0.1, -0.05) is 74.5 Å². The van der Waals surface area contributed by atoms with Gasteiger partial charge in [-0.05, 0) is 42.7 Å². The van der Waals surface area contributed by atoms with E-state index in [-0.39, 0.29) is 25.4 Å². The number of hydrogen-bond acceptors (Lipinski definition) is 5. The van der Waals surface area contributed by atoms with Gasteiger partial charge in [0, 0.05) is 13.5 Å². The number of rotatable bonds is 13. The van der Waals surface area contributed by atoms with Crippen molar-refractivity contribution in [3.05, 3.63) is 92.8 Å². The Morgan fingerprint density at radius 3 is 2.16 bits per heavy atom. The highest BCUT2D eigenvalue weighted by Gasteiger charge is 2.34. The second-order valence-corrected chi connectivity index (χ2v) is 9.38. The molecular formula is C27H35N5O5. The van der Waals surface area contributed by atoms with E-state index in [2.05, 4.69) is 10.6 Å². The molecule has 198 valence electrons. The Morgan fingerprint density at radius 1 is 0.973 bits per heavy atom. The molecular weight excluding hydrogens is 474 g/mol. The summed E-state index contributed by atoms with van der Waals surface area (Å²) in [5.41, 5.74) is 2.82. The molecule has 0 bridgehead atoms. The van der Waals surface area contributed by atoms with Crippen LogP contribution in [0.5, 0.6) is 0 Å². The number of nitrogens with zero attached hydrogens (tertiary/aromatic N) is 3. The molecule has 2 amide bonds. The van der Waals surface area contributed by atoms with Crippen molar-refractivity contribution in [3.8, 4) is 0 Å². The molecule has 1 atom stereocenters. The number of carbonyl (C=O) groups is 2. The Hall–Kier alpha value is -3.92. The van der Waals surface area contributed by atoms with E-state index in [0.717, 1.165) is 20.8 Å². The van der Waals surface area contributed by atoms with Gasteiger partial charge in [0.05, 0.1) is 6.61 Å². The number of nitrogens with one attached hydrogen (secondary N) is 2. The van der Waals surface area contributed by atoms with Crippen molar-refractivity contribution in [1.82, 2.24) is 19.9 Å². The Balaban J connectivity index is 1.88. The van der Waals surface area contributed by atoms with Crippen molar-refractivity contribution in [2.45, 2.75) is 58.6 Å². The topological polar surface area (TPSA) is 118 Å². The summed E-state index contributed by atoms with van der Waals surface area (Å²) in [6.07, 6.45) is 2.02. The molecule has 0 aliphatic rings. The Bertz CT molecular complexity index is 1260. The van der Waals surface area contributed by atoms with Crippen LogP contribution in [-0.2, 0) is 34.5 Å². The molecule has 3 rings (SSSR count). The zero-order valence-corrected chi connectivity index (χ0v) is 21.6. The highest BCUT2D eigenvalue weighted by Crippen LogP contribution is 2.14. The number of amides is 2. The van der Waals surface area contributed by atoms with Crippen LogP contribution < -0.4 is 21.9 Å². The van der Waals surface area contributed by atoms with Gasteiger partial charge in [0.2, 0.25) is 5.91 Å². The van der Waals surface area contributed by atoms with Gasteiger partial charge in [-0.3, -0.25) is 14.4 Å². The van der Waals surface area contributed by atoms with Gasteiger partial charge < -0.3 is 0 Å². The molecule has 1 heterocycles. The van der Waals surface area contributed by atoms with Crippen LogP contribution in [0.15, 0.2) is 70.3 Å². The molecule has 0 radical (unpaired) electrons. The average molecular weight is 510 g/mol. The Morgan fingerprint density at radius 2 is 1.59 bits per heavy atom. The van der Waals surface area contributed by atoms with Gasteiger partial charge >= 0.3 is 11.4 Å². The lowest BCUT2D eigenvalue weighted by Crippen LogP contribution is -2.60. The third kappa shape index (κ3) is 7.78. The zero-order valence-electron chi connectivity index (χ0n) is 21.6. The number of aryl methyl sites for hydroxylation is 2. The van der Waals surface area contributed by atoms with Crippen LogP contribution in [0.3, 0.4) is 0 Å². The van der Waals surface area contributed by atoms with Gasteiger partial charge in [-0.2, -0.15) is 0 Å². The minimum Gasteiger partial charge on any atom is -0.273 e. The first-order chi connectivity index (χ1) is 17.8. The normalized spacial score (nSPS) is 11.9. The first kappa shape index (κ1) is 27.7. The third-order valence-electron chi connectivity index (χ3n) is 5.97. The van der Waals surface area contributed by atoms with E-state index in [9.17, 15) is 19.2 Å². The summed E-state index contributed by atoms with van der Waals surface area (Å²) >= 11 is 0. The van der Waals surface area contributed by atoms with Crippen molar-refractivity contribution in [2.24, 2.45) is 13.0 Å². The van der Waals surface area contributed by atoms with Crippen LogP contribution >= 0.6 is 0 Å². The van der Waals surface area contributed by atoms with Crippen molar-refractivity contribution >= 4 is 11.8 Å². The molecule has 0 aliphatic carbocycles. The lowest BCUT2D eigenvalue weighted by molar-refractivity contribution is -0.138. The van der Waals surface area contributed by atoms with E-state index in [0.29, 0.717) is 23.9 Å². The highest BCUT2D eigenvalue weighted by molar-refractivity contribution is 5.94. The predicted molar refractivity (Wildman–Crippen MR) is 140 cm³/mol. The molecule has 0 unspecified atom stereocenters. The van der Waals surface area contributed by atoms with Crippen molar-refractivity contribution in [3.63, 3.8) is 0 Å². The van der Waals surface area contributed by atoms with E-state index in [1.165, 1.54) is 7.05 Å². The summed E-state index contributed by atoms with van der Waals surface area (Å²) < 4.78 is 1.70. The van der Waals surface area contributed by atoms with Crippen LogP contribution in [-0.4, -0.2) is 32.3 Å². The smallest absolute Gasteiger partial charge is 0.273 e. The van der Waals surface area contributed by atoms with Gasteiger partial charge in [-0.25, -0.2) is 29.9 Å². The first-order valence-corrected chi connectivity index (χ1v) is 12.5. The number of H-pyrrole nitrogens is 1. The van der Waals surface area contributed by atoms with E-state index < -0.39 is 29.2 Å². The molecule has 0 saturated carbocycles. The molecule has 0 spiro atoms. The minimum absolute atomic E-state index is 0.0752. The number of aromatic amines is 1. The Labute approximate surface area is 215 Å². The van der Waals surface area contributed by atoms with Gasteiger partial charge in [0.25, 0.3) is 5.91 Å². The maximum atomic E-state index is 13.4. The van der Waals surface area contributed by atoms with Gasteiger partial charge in [0.1, 0.15) is 6.04 Å². The van der Waals surface area contributed by atoms with Crippen LogP contribution in [0, 0.1) is 5.92 Å². The summed E-state index contributed by atoms with van der Waals surface area (Å²) in [5.74, 6) is -0.886. The van der Waals surface area contributed by atoms with Crippen LogP contribution in [0.1, 0.15) is 50.7 Å². The largest absolute Gasteiger partial charge is 0.366 e. The average Bonchev–Trinajstić information content (AvgIpc) is 3.14. The highest BCUT2D eigenvalue weighted by atomic mass is 16.7. The summed E-state index contributed by atoms with van der Waals surface area (Å²) in [7, 11) is 1.38. The predicted octanol–water partition coefficient (Wildman–Crippen LogP) is 2.42. The molecule has 10 nitrogen and oxygen atoms in total. The number of carbonyl (C=O) groups excluding carboxylic acids is 2. The van der Waals surface area contributed by atoms with E-state index in [4.69, 9.17) is 4.84 Å². The van der Waals surface area contributed by atoms with Crippen molar-refractivity contribution < 1.29 is 14.4 Å². The minimum atomic E-state index is -1.14. The number of hydroxylamine groups is 1. The Kier molecular flexibility index (Phi) is 10.0. The maximum Gasteiger partial charge on any atom is 0.366 e. The molecule has 2 aromatic carbocycles. The second-order valence-electron chi connectivity index (χ2n) is 9.38. The first-order valence-electron chi connectivity index (χ1n) is 12.5.